The van der Waals surface area contributed by atoms with Crippen molar-refractivity contribution in [2.24, 2.45) is 0 Å². The SMILES string of the molecule is CCCOc1ccccc1C(=O)CCC1CCCO1. The van der Waals surface area contributed by atoms with Crippen LogP contribution >= 0.6 is 0 Å². The fourth-order valence-electron chi connectivity index (χ4n) is 2.33. The van der Waals surface area contributed by atoms with Crippen LogP contribution in [-0.2, 0) is 4.74 Å². The van der Waals surface area contributed by atoms with Gasteiger partial charge in [-0.25, -0.2) is 0 Å². The van der Waals surface area contributed by atoms with Crippen LogP contribution in [0.5, 0.6) is 5.75 Å². The second kappa shape index (κ2) is 7.29. The number of rotatable bonds is 7. The summed E-state index contributed by atoms with van der Waals surface area (Å²) in [5.74, 6) is 0.865. The summed E-state index contributed by atoms with van der Waals surface area (Å²) in [6.45, 7) is 3.55. The number of Topliss-reactive ketones (excluding diaryl/α,β-unsaturated/α-hetero) is 1. The highest BCUT2D eigenvalue weighted by Crippen LogP contribution is 2.23. The first-order valence-corrected chi connectivity index (χ1v) is 7.18. The minimum Gasteiger partial charge on any atom is -0.493 e. The standard InChI is InChI=1S/C16H22O3/c1-2-11-19-16-8-4-3-7-14(16)15(17)10-9-13-6-5-12-18-13/h3-4,7-8,13H,2,5-6,9-12H2,1H3. The second-order valence-corrected chi connectivity index (χ2v) is 4.94. The Morgan fingerprint density at radius 3 is 3.00 bits per heavy atom. The van der Waals surface area contributed by atoms with Crippen LogP contribution in [0.25, 0.3) is 0 Å². The van der Waals surface area contributed by atoms with E-state index in [0.717, 1.165) is 32.3 Å². The fraction of sp³-hybridized carbons (Fsp3) is 0.562. The van der Waals surface area contributed by atoms with Gasteiger partial charge in [0.1, 0.15) is 5.75 Å². The molecule has 0 N–H and O–H groups in total. The minimum atomic E-state index is 0.155. The third-order valence-electron chi connectivity index (χ3n) is 3.37. The summed E-state index contributed by atoms with van der Waals surface area (Å²) >= 11 is 0. The number of benzene rings is 1. The van der Waals surface area contributed by atoms with Gasteiger partial charge in [0.15, 0.2) is 5.78 Å². The van der Waals surface area contributed by atoms with Crippen LogP contribution in [0.15, 0.2) is 24.3 Å². The van der Waals surface area contributed by atoms with Gasteiger partial charge in [0.2, 0.25) is 0 Å². The van der Waals surface area contributed by atoms with Crippen molar-refractivity contribution in [1.82, 2.24) is 0 Å². The molecule has 19 heavy (non-hydrogen) atoms. The molecule has 0 spiro atoms. The van der Waals surface area contributed by atoms with Crippen molar-refractivity contribution >= 4 is 5.78 Å². The largest absolute Gasteiger partial charge is 0.493 e. The lowest BCUT2D eigenvalue weighted by atomic mass is 10.0. The quantitative estimate of drug-likeness (QED) is 0.704. The molecule has 1 aliphatic rings. The van der Waals surface area contributed by atoms with Gasteiger partial charge < -0.3 is 9.47 Å². The molecule has 1 aromatic rings. The van der Waals surface area contributed by atoms with Gasteiger partial charge in [-0.2, -0.15) is 0 Å². The summed E-state index contributed by atoms with van der Waals surface area (Å²) < 4.78 is 11.2. The van der Waals surface area contributed by atoms with Gasteiger partial charge >= 0.3 is 0 Å². The van der Waals surface area contributed by atoms with Crippen LogP contribution in [-0.4, -0.2) is 25.1 Å². The first kappa shape index (κ1) is 14.1. The third kappa shape index (κ3) is 4.06. The van der Waals surface area contributed by atoms with E-state index >= 15 is 0 Å². The zero-order valence-corrected chi connectivity index (χ0v) is 11.6. The van der Waals surface area contributed by atoms with Crippen LogP contribution in [0.1, 0.15) is 49.4 Å². The minimum absolute atomic E-state index is 0.155. The molecular formula is C16H22O3. The molecule has 0 bridgehead atoms. The van der Waals surface area contributed by atoms with E-state index in [-0.39, 0.29) is 11.9 Å². The Balaban J connectivity index is 1.93. The summed E-state index contributed by atoms with van der Waals surface area (Å²) in [5, 5.41) is 0. The lowest BCUT2D eigenvalue weighted by Gasteiger charge is -2.11. The molecule has 1 saturated heterocycles. The van der Waals surface area contributed by atoms with E-state index in [2.05, 4.69) is 6.92 Å². The van der Waals surface area contributed by atoms with Crippen molar-refractivity contribution in [3.8, 4) is 5.75 Å². The molecule has 0 aliphatic carbocycles. The lowest BCUT2D eigenvalue weighted by Crippen LogP contribution is -2.10. The van der Waals surface area contributed by atoms with Crippen LogP contribution in [0.3, 0.4) is 0 Å². The maximum atomic E-state index is 12.2. The topological polar surface area (TPSA) is 35.5 Å². The average Bonchev–Trinajstić information content (AvgIpc) is 2.96. The van der Waals surface area contributed by atoms with Crippen LogP contribution < -0.4 is 4.74 Å². The lowest BCUT2D eigenvalue weighted by molar-refractivity contribution is 0.0856. The molecule has 3 heteroatoms. The number of carbonyl (C=O) groups excluding carboxylic acids is 1. The molecule has 1 unspecified atom stereocenters. The molecule has 3 nitrogen and oxygen atoms in total. The molecule has 104 valence electrons. The van der Waals surface area contributed by atoms with Gasteiger partial charge in [0.25, 0.3) is 0 Å². The predicted octanol–water partition coefficient (Wildman–Crippen LogP) is 3.62. The molecule has 1 atom stereocenters. The molecule has 2 rings (SSSR count). The summed E-state index contributed by atoms with van der Waals surface area (Å²) in [6, 6.07) is 7.51. The van der Waals surface area contributed by atoms with E-state index < -0.39 is 0 Å². The number of hydrogen-bond acceptors (Lipinski definition) is 3. The van der Waals surface area contributed by atoms with Crippen LogP contribution in [0.4, 0.5) is 0 Å². The summed E-state index contributed by atoms with van der Waals surface area (Å²) in [5.41, 5.74) is 0.703. The summed E-state index contributed by atoms with van der Waals surface area (Å²) in [6.07, 6.45) is 4.78. The molecule has 1 fully saturated rings. The smallest absolute Gasteiger partial charge is 0.166 e. The van der Waals surface area contributed by atoms with E-state index in [0.29, 0.717) is 24.3 Å². The predicted molar refractivity (Wildman–Crippen MR) is 74.8 cm³/mol. The van der Waals surface area contributed by atoms with E-state index in [1.807, 2.05) is 24.3 Å². The third-order valence-corrected chi connectivity index (χ3v) is 3.37. The van der Waals surface area contributed by atoms with E-state index in [1.165, 1.54) is 0 Å². The molecule has 1 aliphatic heterocycles. The Morgan fingerprint density at radius 1 is 1.42 bits per heavy atom. The average molecular weight is 262 g/mol. The highest BCUT2D eigenvalue weighted by atomic mass is 16.5. The Labute approximate surface area is 114 Å². The fourth-order valence-corrected chi connectivity index (χ4v) is 2.33. The monoisotopic (exact) mass is 262 g/mol. The first-order chi connectivity index (χ1) is 9.31. The maximum absolute atomic E-state index is 12.2. The van der Waals surface area contributed by atoms with Crippen molar-refractivity contribution in [3.05, 3.63) is 29.8 Å². The van der Waals surface area contributed by atoms with Gasteiger partial charge in [-0.1, -0.05) is 19.1 Å². The zero-order chi connectivity index (χ0) is 13.5. The van der Waals surface area contributed by atoms with Gasteiger partial charge in [-0.15, -0.1) is 0 Å². The normalized spacial score (nSPS) is 18.5. The van der Waals surface area contributed by atoms with Gasteiger partial charge in [-0.3, -0.25) is 4.79 Å². The highest BCUT2D eigenvalue weighted by molar-refractivity contribution is 5.98. The van der Waals surface area contributed by atoms with Gasteiger partial charge in [-0.05, 0) is 37.8 Å². The van der Waals surface area contributed by atoms with Crippen molar-refractivity contribution in [2.75, 3.05) is 13.2 Å². The molecular weight excluding hydrogens is 240 g/mol. The Morgan fingerprint density at radius 2 is 2.26 bits per heavy atom. The molecule has 1 aromatic carbocycles. The molecule has 1 heterocycles. The molecule has 0 radical (unpaired) electrons. The molecule has 0 saturated carbocycles. The number of carbonyl (C=O) groups is 1. The van der Waals surface area contributed by atoms with Crippen LogP contribution in [0, 0.1) is 0 Å². The van der Waals surface area contributed by atoms with Crippen molar-refractivity contribution < 1.29 is 14.3 Å². The Bertz CT molecular complexity index is 408. The number of ether oxygens (including phenoxy) is 2. The van der Waals surface area contributed by atoms with Gasteiger partial charge in [0.05, 0.1) is 18.3 Å². The number of hydrogen-bond donors (Lipinski definition) is 0. The molecule has 0 aromatic heterocycles. The van der Waals surface area contributed by atoms with Crippen molar-refractivity contribution in [2.45, 2.75) is 45.1 Å². The van der Waals surface area contributed by atoms with E-state index in [1.54, 1.807) is 0 Å². The van der Waals surface area contributed by atoms with Crippen molar-refractivity contribution in [3.63, 3.8) is 0 Å². The van der Waals surface area contributed by atoms with Crippen LogP contribution in [0.2, 0.25) is 0 Å². The Kier molecular flexibility index (Phi) is 5.40. The molecule has 0 amide bonds. The highest BCUT2D eigenvalue weighted by Gasteiger charge is 2.18. The summed E-state index contributed by atoms with van der Waals surface area (Å²) in [7, 11) is 0. The Hall–Kier alpha value is -1.35. The maximum Gasteiger partial charge on any atom is 0.166 e. The van der Waals surface area contributed by atoms with Gasteiger partial charge in [0, 0.05) is 13.0 Å². The summed E-state index contributed by atoms with van der Waals surface area (Å²) in [4.78, 5) is 12.2. The van der Waals surface area contributed by atoms with E-state index in [4.69, 9.17) is 9.47 Å². The zero-order valence-electron chi connectivity index (χ0n) is 11.6. The van der Waals surface area contributed by atoms with Crippen molar-refractivity contribution in [1.29, 1.82) is 0 Å². The number of para-hydroxylation sites is 1. The van der Waals surface area contributed by atoms with E-state index in [9.17, 15) is 4.79 Å². The first-order valence-electron chi connectivity index (χ1n) is 7.18. The second-order valence-electron chi connectivity index (χ2n) is 4.94. The number of ketones is 1.